The lowest BCUT2D eigenvalue weighted by atomic mass is 9.79. The predicted octanol–water partition coefficient (Wildman–Crippen LogP) is 3.60. The van der Waals surface area contributed by atoms with E-state index in [0.29, 0.717) is 0 Å². The summed E-state index contributed by atoms with van der Waals surface area (Å²) >= 11 is 0. The second-order valence-corrected chi connectivity index (χ2v) is 3.96. The average molecular weight is 279 g/mol. The number of piperidine rings is 1. The third kappa shape index (κ3) is 1.12. The molecule has 18 heavy (non-hydrogen) atoms. The van der Waals surface area contributed by atoms with Crippen LogP contribution in [0.25, 0.3) is 0 Å². The van der Waals surface area contributed by atoms with Crippen molar-refractivity contribution in [2.75, 3.05) is 0 Å². The molecule has 0 aromatic rings. The summed E-state index contributed by atoms with van der Waals surface area (Å²) in [7, 11) is 0. The zero-order valence-corrected chi connectivity index (χ0v) is 8.41. The second-order valence-electron chi connectivity index (χ2n) is 3.96. The van der Waals surface area contributed by atoms with Crippen LogP contribution < -0.4 is 0 Å². The molecule has 9 heteroatoms. The largest absolute Gasteiger partial charge is 0.420 e. The summed E-state index contributed by atoms with van der Waals surface area (Å²) < 4.78 is 105. The maximum absolute atomic E-state index is 13.9. The molecule has 0 N–H and O–H groups in total. The maximum atomic E-state index is 13.9. The first-order valence-corrected chi connectivity index (χ1v) is 4.66. The molecule has 0 aromatic carbocycles. The van der Waals surface area contributed by atoms with Gasteiger partial charge in [-0.1, -0.05) is 16.6 Å². The van der Waals surface area contributed by atoms with E-state index in [4.69, 9.17) is 0 Å². The zero-order valence-electron chi connectivity index (χ0n) is 8.41. The van der Waals surface area contributed by atoms with E-state index in [1.165, 1.54) is 0 Å². The predicted molar refractivity (Wildman–Crippen MR) is 43.5 cm³/mol. The number of rotatable bonds is 0. The van der Waals surface area contributed by atoms with Crippen molar-refractivity contribution in [2.45, 2.75) is 30.0 Å². The van der Waals surface area contributed by atoms with Crippen LogP contribution in [0.15, 0.2) is 23.9 Å². The molecule has 2 aliphatic rings. The van der Waals surface area contributed by atoms with Gasteiger partial charge in [-0.2, -0.15) is 26.3 Å². The van der Waals surface area contributed by atoms with Crippen molar-refractivity contribution < 1.29 is 35.2 Å². The van der Waals surface area contributed by atoms with Crippen LogP contribution in [0.1, 0.15) is 6.42 Å². The van der Waals surface area contributed by atoms with E-state index in [-0.39, 0.29) is 6.08 Å². The first-order chi connectivity index (χ1) is 8.00. The number of hydrogen-bond acceptors (Lipinski definition) is 1. The highest BCUT2D eigenvalue weighted by Crippen LogP contribution is 2.62. The van der Waals surface area contributed by atoms with Gasteiger partial charge >= 0.3 is 17.9 Å². The number of fused-ring (bicyclic) bond motifs is 1. The zero-order chi connectivity index (χ0) is 14.0. The Kier molecular flexibility index (Phi) is 2.33. The highest BCUT2D eigenvalue weighted by atomic mass is 19.4. The molecule has 0 aromatic heterocycles. The number of alkyl halides is 7. The Morgan fingerprint density at radius 3 is 2.06 bits per heavy atom. The first kappa shape index (κ1) is 13.2. The van der Waals surface area contributed by atoms with Crippen LogP contribution in [-0.2, 0) is 0 Å². The van der Waals surface area contributed by atoms with E-state index in [0.717, 1.165) is 12.2 Å². The summed E-state index contributed by atoms with van der Waals surface area (Å²) in [5.41, 5.74) is -6.02. The third-order valence-corrected chi connectivity index (χ3v) is 2.92. The van der Waals surface area contributed by atoms with E-state index in [1.54, 1.807) is 0 Å². The van der Waals surface area contributed by atoms with Gasteiger partial charge < -0.3 is 0 Å². The van der Waals surface area contributed by atoms with Crippen LogP contribution in [-0.4, -0.2) is 28.7 Å². The number of allylic oxidation sites excluding steroid dienone is 4. The minimum atomic E-state index is -6.17. The minimum Gasteiger partial charge on any atom is -0.230 e. The van der Waals surface area contributed by atoms with E-state index < -0.39 is 40.8 Å². The van der Waals surface area contributed by atoms with Crippen molar-refractivity contribution >= 4 is 0 Å². The summed E-state index contributed by atoms with van der Waals surface area (Å²) in [6.07, 6.45) is 0.513. The van der Waals surface area contributed by atoms with Gasteiger partial charge in [0.1, 0.15) is 0 Å². The van der Waals surface area contributed by atoms with Crippen LogP contribution in [0.2, 0.25) is 0 Å². The Bertz CT molecular complexity index is 440. The fourth-order valence-corrected chi connectivity index (χ4v) is 1.85. The van der Waals surface area contributed by atoms with Crippen molar-refractivity contribution in [2.24, 2.45) is 0 Å². The van der Waals surface area contributed by atoms with Gasteiger partial charge in [0.25, 0.3) is 0 Å². The Labute approximate surface area is 95.3 Å². The summed E-state index contributed by atoms with van der Waals surface area (Å²) in [5, 5.41) is -1.92. The van der Waals surface area contributed by atoms with Crippen molar-refractivity contribution in [3.05, 3.63) is 23.9 Å². The minimum absolute atomic E-state index is 0.278. The van der Waals surface area contributed by atoms with Crippen LogP contribution in [0.4, 0.5) is 35.2 Å². The number of hydrogen-bond donors (Lipinski definition) is 0. The Morgan fingerprint density at radius 2 is 1.50 bits per heavy atom. The lowest BCUT2D eigenvalue weighted by Gasteiger charge is -2.49. The highest BCUT2D eigenvalue weighted by molar-refractivity contribution is 5.36. The maximum Gasteiger partial charge on any atom is 0.420 e. The van der Waals surface area contributed by atoms with E-state index in [1.807, 2.05) is 0 Å². The van der Waals surface area contributed by atoms with E-state index >= 15 is 0 Å². The van der Waals surface area contributed by atoms with Gasteiger partial charge in [0.05, 0.1) is 5.70 Å². The van der Waals surface area contributed by atoms with E-state index in [9.17, 15) is 35.2 Å². The number of halogens is 8. The smallest absolute Gasteiger partial charge is 0.230 e. The fraction of sp³-hybridized carbons (Fsp3) is 0.556. The molecule has 1 unspecified atom stereocenters. The van der Waals surface area contributed by atoms with Crippen LogP contribution in [0.5, 0.6) is 0 Å². The summed E-state index contributed by atoms with van der Waals surface area (Å²) in [5.74, 6) is -11.9. The molecule has 1 atom stereocenters. The lowest BCUT2D eigenvalue weighted by molar-refractivity contribution is -0.424. The summed E-state index contributed by atoms with van der Waals surface area (Å²) in [6, 6.07) is -5.83. The second kappa shape index (κ2) is 3.18. The van der Waals surface area contributed by atoms with Crippen LogP contribution >= 0.6 is 0 Å². The molecular formula is C9H5F8N. The van der Waals surface area contributed by atoms with Crippen LogP contribution in [0, 0.1) is 0 Å². The molecule has 0 radical (unpaired) electrons. The Morgan fingerprint density at radius 1 is 0.944 bits per heavy atom. The number of nitrogens with zero attached hydrogens (tertiary/aromatic N) is 1. The molecule has 1 fully saturated rings. The molecule has 1 aliphatic heterocycles. The molecule has 0 bridgehead atoms. The highest BCUT2D eigenvalue weighted by Gasteiger charge is 2.87. The van der Waals surface area contributed by atoms with E-state index in [2.05, 4.69) is 0 Å². The average Bonchev–Trinajstić information content (AvgIpc) is 2.26. The Balaban J connectivity index is 2.70. The van der Waals surface area contributed by atoms with Gasteiger partial charge in [-0.05, 0) is 6.08 Å². The Hall–Kier alpha value is -1.28. The molecule has 102 valence electrons. The van der Waals surface area contributed by atoms with Gasteiger partial charge in [-0.15, -0.1) is 5.12 Å². The standard InChI is InChI=1S/C9H5F8N/c10-6-4-2-1-3-5(6)18(17)9(15,16)8(13,14)7(6,11)12/h1-3H,4H2. The molecule has 0 spiro atoms. The van der Waals surface area contributed by atoms with Crippen molar-refractivity contribution in [3.63, 3.8) is 0 Å². The molecule has 0 amide bonds. The van der Waals surface area contributed by atoms with Gasteiger partial charge in [0.15, 0.2) is 0 Å². The lowest BCUT2D eigenvalue weighted by Crippen LogP contribution is -2.73. The quantitative estimate of drug-likeness (QED) is 0.372. The topological polar surface area (TPSA) is 3.24 Å². The van der Waals surface area contributed by atoms with Crippen molar-refractivity contribution in [1.29, 1.82) is 0 Å². The molecule has 2 rings (SSSR count). The van der Waals surface area contributed by atoms with Gasteiger partial charge in [-0.3, -0.25) is 0 Å². The molecule has 1 aliphatic carbocycles. The molecule has 1 saturated heterocycles. The van der Waals surface area contributed by atoms with Crippen LogP contribution in [0.3, 0.4) is 0 Å². The van der Waals surface area contributed by atoms with Gasteiger partial charge in [0.2, 0.25) is 5.67 Å². The van der Waals surface area contributed by atoms with Gasteiger partial charge in [-0.25, -0.2) is 4.39 Å². The molecule has 0 saturated carbocycles. The van der Waals surface area contributed by atoms with Crippen molar-refractivity contribution in [1.82, 2.24) is 5.12 Å². The SMILES string of the molecule is FN1C2=CC=CCC2(F)C(F)(F)C(F)(F)C1(F)F. The summed E-state index contributed by atoms with van der Waals surface area (Å²) in [4.78, 5) is 0. The van der Waals surface area contributed by atoms with Crippen molar-refractivity contribution in [3.8, 4) is 0 Å². The fourth-order valence-electron chi connectivity index (χ4n) is 1.85. The van der Waals surface area contributed by atoms with Gasteiger partial charge in [0, 0.05) is 6.42 Å². The summed E-state index contributed by atoms with van der Waals surface area (Å²) in [6.45, 7) is 0. The molecule has 1 heterocycles. The molecule has 1 nitrogen and oxygen atoms in total. The monoisotopic (exact) mass is 279 g/mol. The first-order valence-electron chi connectivity index (χ1n) is 4.66. The third-order valence-electron chi connectivity index (χ3n) is 2.92. The normalized spacial score (nSPS) is 36.0. The molecular weight excluding hydrogens is 274 g/mol.